The van der Waals surface area contributed by atoms with Crippen LogP contribution in [0.1, 0.15) is 63.6 Å². The topological polar surface area (TPSA) is 84.6 Å². The van der Waals surface area contributed by atoms with E-state index in [1.807, 2.05) is 49.9 Å². The fourth-order valence-electron chi connectivity index (χ4n) is 5.22. The number of anilines is 1. The molecule has 0 spiro atoms. The van der Waals surface area contributed by atoms with Crippen molar-refractivity contribution in [1.82, 2.24) is 20.1 Å². The van der Waals surface area contributed by atoms with Gasteiger partial charge in [-0.15, -0.1) is 18.3 Å². The van der Waals surface area contributed by atoms with Gasteiger partial charge in [0.15, 0.2) is 11.0 Å². The number of aromatic nitrogens is 3. The molecule has 1 saturated heterocycles. The molecule has 1 aromatic heterocycles. The highest BCUT2D eigenvalue weighted by atomic mass is 32.2. The number of nitrogens with zero attached hydrogens (tertiary/aromatic N) is 5. The van der Waals surface area contributed by atoms with Crippen molar-refractivity contribution in [2.45, 2.75) is 64.9 Å². The normalized spacial score (nSPS) is 16.9. The number of carbonyl (C=O) groups excluding carboxylic acids is 1. The van der Waals surface area contributed by atoms with Gasteiger partial charge >= 0.3 is 12.4 Å². The van der Waals surface area contributed by atoms with Crippen molar-refractivity contribution in [2.24, 2.45) is 4.99 Å². The molecule has 2 unspecified atom stereocenters. The Labute approximate surface area is 268 Å². The van der Waals surface area contributed by atoms with Crippen LogP contribution in [0.2, 0.25) is 0 Å². The number of amidine groups is 1. The molecular weight excluding hydrogens is 620 g/mol. The number of alkyl halides is 3. The Bertz CT molecular complexity index is 1690. The summed E-state index contributed by atoms with van der Waals surface area (Å²) in [5.74, 6) is 0.714. The molecule has 242 valence electrons. The fourth-order valence-corrected chi connectivity index (χ4v) is 6.42. The van der Waals surface area contributed by atoms with Gasteiger partial charge in [-0.05, 0) is 79.3 Å². The molecular formula is C33H34F4N6O2S. The van der Waals surface area contributed by atoms with E-state index in [0.717, 1.165) is 34.6 Å². The molecule has 0 aliphatic carbocycles. The van der Waals surface area contributed by atoms with Gasteiger partial charge in [-0.25, -0.2) is 18.9 Å². The smallest absolute Gasteiger partial charge is 0.406 e. The van der Waals surface area contributed by atoms with E-state index in [1.54, 1.807) is 12.1 Å². The van der Waals surface area contributed by atoms with Gasteiger partial charge < -0.3 is 15.0 Å². The van der Waals surface area contributed by atoms with E-state index in [9.17, 15) is 22.4 Å². The predicted octanol–water partition coefficient (Wildman–Crippen LogP) is 8.64. The molecule has 5 rings (SSSR count). The van der Waals surface area contributed by atoms with Crippen LogP contribution in [0.25, 0.3) is 17.1 Å². The second kappa shape index (κ2) is 13.9. The lowest BCUT2D eigenvalue weighted by atomic mass is 9.99. The van der Waals surface area contributed by atoms with E-state index in [-0.39, 0.29) is 29.6 Å². The van der Waals surface area contributed by atoms with Gasteiger partial charge in [0.25, 0.3) is 0 Å². The summed E-state index contributed by atoms with van der Waals surface area (Å²) in [4.78, 5) is 24.1. The average molecular weight is 655 g/mol. The number of benzene rings is 3. The fraction of sp³-hybridized carbons (Fsp3) is 0.333. The molecule has 13 heteroatoms. The van der Waals surface area contributed by atoms with Crippen molar-refractivity contribution in [3.8, 4) is 22.8 Å². The molecule has 3 aromatic carbocycles. The lowest BCUT2D eigenvalue weighted by molar-refractivity contribution is -0.274. The quantitative estimate of drug-likeness (QED) is 0.192. The summed E-state index contributed by atoms with van der Waals surface area (Å²) in [6.45, 7) is 8.08. The minimum absolute atomic E-state index is 0.0876. The van der Waals surface area contributed by atoms with Crippen LogP contribution in [0, 0.1) is 5.82 Å². The monoisotopic (exact) mass is 654 g/mol. The summed E-state index contributed by atoms with van der Waals surface area (Å²) in [6, 6.07) is 16.9. The second-order valence-electron chi connectivity index (χ2n) is 11.2. The standard InChI is InChI=1S/C33H34F4N6O2S/c1-5-28(39-31(44)40-32-43(21(4)16-17-46-32)29-15-10-24(34)18-27(29)20(2)3)22-6-8-23(9-7-22)30-38-19-42(41-30)25-11-13-26(14-12-25)45-33(35,36)37/h6-15,18-21,28H,5,16-17H2,1-4H3,(H,39,44)/b40-32-. The van der Waals surface area contributed by atoms with Crippen LogP contribution >= 0.6 is 11.8 Å². The van der Waals surface area contributed by atoms with Crippen molar-refractivity contribution in [2.75, 3.05) is 10.7 Å². The zero-order valence-electron chi connectivity index (χ0n) is 25.8. The third-order valence-corrected chi connectivity index (χ3v) is 8.57. The minimum Gasteiger partial charge on any atom is -0.406 e. The Morgan fingerprint density at radius 3 is 2.48 bits per heavy atom. The SMILES string of the molecule is CCC(NC(=O)/N=C1\SCCC(C)N1c1ccc(F)cc1C(C)C)c1ccc(-c2ncn(-c3ccc(OC(F)(F)F)cc3)n2)cc1. The van der Waals surface area contributed by atoms with Crippen LogP contribution < -0.4 is 15.0 Å². The van der Waals surface area contributed by atoms with E-state index < -0.39 is 12.4 Å². The van der Waals surface area contributed by atoms with Crippen LogP contribution in [0.4, 0.5) is 28.0 Å². The first-order valence-corrected chi connectivity index (χ1v) is 15.9. The highest BCUT2D eigenvalue weighted by Gasteiger charge is 2.31. The van der Waals surface area contributed by atoms with E-state index in [4.69, 9.17) is 0 Å². The van der Waals surface area contributed by atoms with Crippen LogP contribution in [-0.2, 0) is 0 Å². The van der Waals surface area contributed by atoms with E-state index in [0.29, 0.717) is 23.1 Å². The molecule has 2 heterocycles. The number of nitrogens with one attached hydrogen (secondary N) is 1. The van der Waals surface area contributed by atoms with Crippen LogP contribution in [0.5, 0.6) is 5.75 Å². The number of hydrogen-bond donors (Lipinski definition) is 1. The summed E-state index contributed by atoms with van der Waals surface area (Å²) in [5, 5.41) is 8.06. The maximum absolute atomic E-state index is 14.1. The zero-order valence-corrected chi connectivity index (χ0v) is 26.6. The molecule has 2 atom stereocenters. The van der Waals surface area contributed by atoms with Gasteiger partial charge in [0, 0.05) is 23.0 Å². The molecule has 46 heavy (non-hydrogen) atoms. The molecule has 0 saturated carbocycles. The van der Waals surface area contributed by atoms with Gasteiger partial charge in [0.05, 0.1) is 11.7 Å². The summed E-state index contributed by atoms with van der Waals surface area (Å²) < 4.78 is 56.9. The van der Waals surface area contributed by atoms with Gasteiger partial charge in [0.2, 0.25) is 0 Å². The molecule has 4 aromatic rings. The number of thioether (sulfide) groups is 1. The Hall–Kier alpha value is -4.39. The molecule has 0 radical (unpaired) electrons. The second-order valence-corrected chi connectivity index (χ2v) is 12.3. The number of rotatable bonds is 8. The average Bonchev–Trinajstić information content (AvgIpc) is 3.50. The number of ether oxygens (including phenoxy) is 1. The summed E-state index contributed by atoms with van der Waals surface area (Å²) in [6.07, 6.45) is -1.76. The van der Waals surface area contributed by atoms with Crippen molar-refractivity contribution < 1.29 is 27.1 Å². The van der Waals surface area contributed by atoms with E-state index in [1.165, 1.54) is 53.1 Å². The van der Waals surface area contributed by atoms with E-state index >= 15 is 0 Å². The van der Waals surface area contributed by atoms with Crippen molar-refractivity contribution in [1.29, 1.82) is 0 Å². The number of aliphatic imine (C=N–C) groups is 1. The van der Waals surface area contributed by atoms with Gasteiger partial charge in [-0.3, -0.25) is 0 Å². The summed E-state index contributed by atoms with van der Waals surface area (Å²) >= 11 is 1.51. The maximum atomic E-state index is 14.1. The van der Waals surface area contributed by atoms with Crippen molar-refractivity contribution in [3.05, 3.63) is 90.0 Å². The lowest BCUT2D eigenvalue weighted by Crippen LogP contribution is -2.43. The molecule has 1 aliphatic heterocycles. The first-order valence-electron chi connectivity index (χ1n) is 14.9. The Balaban J connectivity index is 1.29. The molecule has 0 bridgehead atoms. The van der Waals surface area contributed by atoms with E-state index in [2.05, 4.69) is 32.1 Å². The molecule has 1 aliphatic rings. The highest BCUT2D eigenvalue weighted by Crippen LogP contribution is 2.35. The first-order chi connectivity index (χ1) is 21.9. The lowest BCUT2D eigenvalue weighted by Gasteiger charge is -2.37. The van der Waals surface area contributed by atoms with Crippen molar-refractivity contribution in [3.63, 3.8) is 0 Å². The summed E-state index contributed by atoms with van der Waals surface area (Å²) in [5.41, 5.74) is 3.84. The highest BCUT2D eigenvalue weighted by molar-refractivity contribution is 8.14. The third-order valence-electron chi connectivity index (χ3n) is 7.59. The number of carbonyl (C=O) groups is 1. The van der Waals surface area contributed by atoms with Gasteiger partial charge in [-0.1, -0.05) is 56.8 Å². The minimum atomic E-state index is -4.77. The molecule has 1 N–H and O–H groups in total. The summed E-state index contributed by atoms with van der Waals surface area (Å²) in [7, 11) is 0. The number of urea groups is 1. The third kappa shape index (κ3) is 7.87. The molecule has 1 fully saturated rings. The number of hydrogen-bond acceptors (Lipinski definition) is 5. The molecule has 8 nitrogen and oxygen atoms in total. The largest absolute Gasteiger partial charge is 0.573 e. The zero-order chi connectivity index (χ0) is 33.0. The van der Waals surface area contributed by atoms with Gasteiger partial charge in [-0.2, -0.15) is 4.99 Å². The Morgan fingerprint density at radius 2 is 1.83 bits per heavy atom. The molecule has 2 amide bonds. The Kier molecular flexibility index (Phi) is 10.00. The van der Waals surface area contributed by atoms with Gasteiger partial charge in [0.1, 0.15) is 17.9 Å². The predicted molar refractivity (Wildman–Crippen MR) is 172 cm³/mol. The first kappa shape index (κ1) is 33.0. The van der Waals surface area contributed by atoms with Crippen LogP contribution in [-0.4, -0.2) is 44.1 Å². The Morgan fingerprint density at radius 1 is 1.11 bits per heavy atom. The number of halogens is 4. The van der Waals surface area contributed by atoms with Crippen molar-refractivity contribution >= 4 is 28.6 Å². The maximum Gasteiger partial charge on any atom is 0.573 e. The number of amides is 2. The van der Waals surface area contributed by atoms with Crippen LogP contribution in [0.15, 0.2) is 78.0 Å². The van der Waals surface area contributed by atoms with Crippen LogP contribution in [0.3, 0.4) is 0 Å².